The average Bonchev–Trinajstić information content (AvgIpc) is 2.44. The molecule has 0 aliphatic carbocycles. The third kappa shape index (κ3) is 2.89. The van der Waals surface area contributed by atoms with Gasteiger partial charge in [-0.2, -0.15) is 11.8 Å². The van der Waals surface area contributed by atoms with E-state index in [2.05, 4.69) is 5.32 Å². The Hall–Kier alpha value is -0.670. The minimum Gasteiger partial charge on any atom is -0.348 e. The average molecular weight is 242 g/mol. The molecule has 0 bridgehead atoms. The zero-order valence-electron chi connectivity index (χ0n) is 8.20. The largest absolute Gasteiger partial charge is 0.348 e. The fraction of sp³-hybridized carbons (Fsp3) is 0.364. The molecule has 1 aromatic carbocycles. The molecule has 0 spiro atoms. The van der Waals surface area contributed by atoms with Crippen molar-refractivity contribution in [2.24, 2.45) is 0 Å². The molecule has 1 heterocycles. The quantitative estimate of drug-likeness (QED) is 0.819. The van der Waals surface area contributed by atoms with Crippen molar-refractivity contribution in [3.05, 3.63) is 34.9 Å². The van der Waals surface area contributed by atoms with Crippen LogP contribution in [0, 0.1) is 0 Å². The molecule has 4 heteroatoms. The van der Waals surface area contributed by atoms with Crippen molar-refractivity contribution in [1.29, 1.82) is 0 Å². The predicted molar refractivity (Wildman–Crippen MR) is 64.3 cm³/mol. The summed E-state index contributed by atoms with van der Waals surface area (Å²) in [6.07, 6.45) is 0.620. The van der Waals surface area contributed by atoms with Gasteiger partial charge < -0.3 is 5.32 Å². The molecule has 0 saturated carbocycles. The highest BCUT2D eigenvalue weighted by molar-refractivity contribution is 7.99. The lowest BCUT2D eigenvalue weighted by atomic mass is 10.1. The van der Waals surface area contributed by atoms with Crippen LogP contribution in [-0.4, -0.2) is 17.4 Å². The van der Waals surface area contributed by atoms with E-state index in [1.165, 1.54) is 0 Å². The van der Waals surface area contributed by atoms with Gasteiger partial charge in [-0.25, -0.2) is 0 Å². The second-order valence-corrected chi connectivity index (χ2v) is 5.08. The van der Waals surface area contributed by atoms with E-state index in [1.807, 2.05) is 36.0 Å². The SMILES string of the molecule is O=C1CCSCC(c2ccc(Cl)cc2)N1. The summed E-state index contributed by atoms with van der Waals surface area (Å²) in [5.41, 5.74) is 1.13. The number of carbonyl (C=O) groups is 1. The highest BCUT2D eigenvalue weighted by atomic mass is 35.5. The Kier molecular flexibility index (Phi) is 3.54. The van der Waals surface area contributed by atoms with Gasteiger partial charge in [0.15, 0.2) is 0 Å². The highest BCUT2D eigenvalue weighted by Gasteiger charge is 2.17. The molecule has 1 atom stereocenters. The lowest BCUT2D eigenvalue weighted by molar-refractivity contribution is -0.121. The van der Waals surface area contributed by atoms with Crippen molar-refractivity contribution in [2.75, 3.05) is 11.5 Å². The molecular formula is C11H12ClNOS. The summed E-state index contributed by atoms with van der Waals surface area (Å²) in [5, 5.41) is 3.74. The Morgan fingerprint density at radius 3 is 2.80 bits per heavy atom. The zero-order chi connectivity index (χ0) is 10.7. The summed E-state index contributed by atoms with van der Waals surface area (Å²) >= 11 is 7.63. The maximum Gasteiger partial charge on any atom is 0.221 e. The molecule has 0 radical (unpaired) electrons. The molecule has 1 fully saturated rings. The van der Waals surface area contributed by atoms with E-state index in [-0.39, 0.29) is 11.9 Å². The number of carbonyl (C=O) groups excluding carboxylic acids is 1. The molecule has 15 heavy (non-hydrogen) atoms. The van der Waals surface area contributed by atoms with Crippen molar-refractivity contribution in [3.63, 3.8) is 0 Å². The standard InChI is InChI=1S/C11H12ClNOS/c12-9-3-1-8(2-4-9)10-7-15-6-5-11(14)13-10/h1-4,10H,5-7H2,(H,13,14). The van der Waals surface area contributed by atoms with Crippen molar-refractivity contribution < 1.29 is 4.79 Å². The van der Waals surface area contributed by atoms with Gasteiger partial charge in [0.1, 0.15) is 0 Å². The van der Waals surface area contributed by atoms with E-state index < -0.39 is 0 Å². The van der Waals surface area contributed by atoms with E-state index >= 15 is 0 Å². The number of nitrogens with one attached hydrogen (secondary N) is 1. The van der Waals surface area contributed by atoms with Crippen LogP contribution in [0.4, 0.5) is 0 Å². The minimum atomic E-state index is 0.127. The Bertz CT molecular complexity index is 352. The van der Waals surface area contributed by atoms with E-state index in [4.69, 9.17) is 11.6 Å². The predicted octanol–water partition coefficient (Wildman–Crippen LogP) is 2.63. The minimum absolute atomic E-state index is 0.127. The molecular weight excluding hydrogens is 230 g/mol. The first-order valence-corrected chi connectivity index (χ1v) is 6.41. The molecule has 1 aliphatic heterocycles. The lowest BCUT2D eigenvalue weighted by Crippen LogP contribution is -2.27. The number of amides is 1. The summed E-state index contributed by atoms with van der Waals surface area (Å²) < 4.78 is 0. The maximum absolute atomic E-state index is 11.4. The Balaban J connectivity index is 2.14. The van der Waals surface area contributed by atoms with Gasteiger partial charge in [0, 0.05) is 22.9 Å². The zero-order valence-corrected chi connectivity index (χ0v) is 9.77. The first-order chi connectivity index (χ1) is 7.25. The van der Waals surface area contributed by atoms with Gasteiger partial charge in [-0.05, 0) is 17.7 Å². The van der Waals surface area contributed by atoms with Crippen LogP contribution in [-0.2, 0) is 4.79 Å². The molecule has 2 nitrogen and oxygen atoms in total. The molecule has 1 N–H and O–H groups in total. The van der Waals surface area contributed by atoms with E-state index in [0.717, 1.165) is 22.1 Å². The van der Waals surface area contributed by atoms with Crippen molar-refractivity contribution in [1.82, 2.24) is 5.32 Å². The van der Waals surface area contributed by atoms with Crippen LogP contribution in [0.2, 0.25) is 5.02 Å². The summed E-state index contributed by atoms with van der Waals surface area (Å²) in [6, 6.07) is 7.79. The van der Waals surface area contributed by atoms with Crippen molar-refractivity contribution >= 4 is 29.3 Å². The maximum atomic E-state index is 11.4. The second-order valence-electron chi connectivity index (χ2n) is 3.50. The van der Waals surface area contributed by atoms with Gasteiger partial charge in [0.2, 0.25) is 5.91 Å². The van der Waals surface area contributed by atoms with Crippen LogP contribution in [0.25, 0.3) is 0 Å². The van der Waals surface area contributed by atoms with Crippen molar-refractivity contribution in [2.45, 2.75) is 12.5 Å². The van der Waals surface area contributed by atoms with Gasteiger partial charge in [-0.3, -0.25) is 4.79 Å². The number of thioether (sulfide) groups is 1. The van der Waals surface area contributed by atoms with E-state index in [9.17, 15) is 4.79 Å². The molecule has 0 aromatic heterocycles. The number of halogens is 1. The molecule has 1 aliphatic rings. The molecule has 1 amide bonds. The molecule has 2 rings (SSSR count). The Labute approximate surface area is 98.4 Å². The second kappa shape index (κ2) is 4.90. The van der Waals surface area contributed by atoms with E-state index in [1.54, 1.807) is 0 Å². The van der Waals surface area contributed by atoms with Gasteiger partial charge in [-0.15, -0.1) is 0 Å². The molecule has 80 valence electrons. The topological polar surface area (TPSA) is 29.1 Å². The Morgan fingerprint density at radius 2 is 2.07 bits per heavy atom. The van der Waals surface area contributed by atoms with Crippen LogP contribution >= 0.6 is 23.4 Å². The molecule has 1 unspecified atom stereocenters. The normalized spacial score (nSPS) is 21.9. The summed E-state index contributed by atoms with van der Waals surface area (Å²) in [5.74, 6) is 1.99. The van der Waals surface area contributed by atoms with Crippen molar-refractivity contribution in [3.8, 4) is 0 Å². The van der Waals surface area contributed by atoms with Crippen LogP contribution in [0.1, 0.15) is 18.0 Å². The van der Waals surface area contributed by atoms with Gasteiger partial charge in [-0.1, -0.05) is 23.7 Å². The summed E-state index contributed by atoms with van der Waals surface area (Å²) in [4.78, 5) is 11.4. The first kappa shape index (κ1) is 10.8. The Morgan fingerprint density at radius 1 is 1.33 bits per heavy atom. The number of hydrogen-bond donors (Lipinski definition) is 1. The van der Waals surface area contributed by atoms with Crippen LogP contribution < -0.4 is 5.32 Å². The lowest BCUT2D eigenvalue weighted by Gasteiger charge is -2.15. The fourth-order valence-electron chi connectivity index (χ4n) is 1.55. The van der Waals surface area contributed by atoms with Gasteiger partial charge in [0.25, 0.3) is 0 Å². The van der Waals surface area contributed by atoms with Crippen LogP contribution in [0.3, 0.4) is 0 Å². The first-order valence-electron chi connectivity index (χ1n) is 4.88. The summed E-state index contributed by atoms with van der Waals surface area (Å²) in [6.45, 7) is 0. The number of hydrogen-bond acceptors (Lipinski definition) is 2. The van der Waals surface area contributed by atoms with E-state index in [0.29, 0.717) is 6.42 Å². The third-order valence-corrected chi connectivity index (χ3v) is 3.68. The number of benzene rings is 1. The summed E-state index contributed by atoms with van der Waals surface area (Å²) in [7, 11) is 0. The fourth-order valence-corrected chi connectivity index (χ4v) is 2.68. The van der Waals surface area contributed by atoms with Crippen LogP contribution in [0.5, 0.6) is 0 Å². The highest BCUT2D eigenvalue weighted by Crippen LogP contribution is 2.23. The monoisotopic (exact) mass is 241 g/mol. The third-order valence-electron chi connectivity index (χ3n) is 2.37. The molecule has 1 aromatic rings. The van der Waals surface area contributed by atoms with Crippen LogP contribution in [0.15, 0.2) is 24.3 Å². The number of rotatable bonds is 1. The smallest absolute Gasteiger partial charge is 0.221 e. The van der Waals surface area contributed by atoms with Gasteiger partial charge >= 0.3 is 0 Å². The van der Waals surface area contributed by atoms with Gasteiger partial charge in [0.05, 0.1) is 6.04 Å². The molecule has 1 saturated heterocycles.